The monoisotopic (exact) mass is 1140 g/mol. The zero-order valence-corrected chi connectivity index (χ0v) is 47.2. The minimum absolute atomic E-state index is 0.211. The first-order valence-electron chi connectivity index (χ1n) is 36.2. The van der Waals surface area contributed by atoms with Crippen LogP contribution in [0.5, 0.6) is 0 Å². The van der Waals surface area contributed by atoms with Crippen molar-refractivity contribution in [1.82, 2.24) is 0 Å². The summed E-state index contributed by atoms with van der Waals surface area (Å²) in [6.07, 6.45) is 0. The zero-order valence-electron chi connectivity index (χ0n) is 61.6. The van der Waals surface area contributed by atoms with Crippen molar-refractivity contribution in [3.63, 3.8) is 0 Å². The van der Waals surface area contributed by atoms with Gasteiger partial charge in [-0.25, -0.2) is 0 Å². The summed E-state index contributed by atoms with van der Waals surface area (Å²) in [7, 11) is 0. The van der Waals surface area contributed by atoms with Crippen molar-refractivity contribution in [2.45, 2.75) is 0 Å². The minimum atomic E-state index is -0.412. The number of fused-ring (bicyclic) bond motifs is 12. The van der Waals surface area contributed by atoms with Crippen LogP contribution in [-0.4, -0.2) is 0 Å². The summed E-state index contributed by atoms with van der Waals surface area (Å²) in [6, 6.07) is 66.1. The van der Waals surface area contributed by atoms with E-state index in [-0.39, 0.29) is 91.4 Å². The standard InChI is InChI=1S/2C42H26S/c1-2-10-27(11-3-1)28-18-19-30-25-31(21-20-29(30)24-28)41-35-13-4-6-15-37(35)42(38-16-7-5-14-36(38)41)32-22-23-34-33-12-8-9-17-39(33)43-40(34)26-32;1-2-12-27(13-3-1)29-24-25-38(31-15-5-4-14-30(29)31)42-36-19-8-6-17-34(36)41(35-18-7-9-20-37(35)42)28-22-23-33-32-16-10-11-21-39(32)43-40(33)26-28/h2*1-26H/i4D,5D,6D,7D,13D,14D,15D,16D;6D,7D,8D,9D,17D,18D,19D,20D. The van der Waals surface area contributed by atoms with E-state index >= 15 is 0 Å². The first kappa shape index (κ1) is 36.3. The van der Waals surface area contributed by atoms with Gasteiger partial charge in [0.1, 0.15) is 0 Å². The molecule has 0 saturated carbocycles. The van der Waals surface area contributed by atoms with Gasteiger partial charge in [-0.3, -0.25) is 0 Å². The molecule has 0 unspecified atom stereocenters. The van der Waals surface area contributed by atoms with Crippen molar-refractivity contribution in [2.24, 2.45) is 0 Å². The Morgan fingerprint density at radius 2 is 0.523 bits per heavy atom. The first-order valence-corrected chi connectivity index (χ1v) is 29.9. The van der Waals surface area contributed by atoms with Crippen LogP contribution < -0.4 is 0 Å². The van der Waals surface area contributed by atoms with Crippen molar-refractivity contribution >= 4 is 128 Å². The molecule has 0 nitrogen and oxygen atoms in total. The molecule has 0 amide bonds. The molecule has 0 fully saturated rings. The maximum Gasteiger partial charge on any atom is 0.0629 e. The van der Waals surface area contributed by atoms with Gasteiger partial charge in [0, 0.05) is 40.3 Å². The summed E-state index contributed by atoms with van der Waals surface area (Å²) in [5.41, 5.74) is 7.93. The van der Waals surface area contributed by atoms with Crippen LogP contribution in [0, 0.1) is 0 Å². The average Bonchev–Trinajstić information content (AvgIpc) is 0.766. The highest BCUT2D eigenvalue weighted by molar-refractivity contribution is 7.26. The highest BCUT2D eigenvalue weighted by Gasteiger charge is 2.21. The Bertz CT molecular complexity index is 6540. The van der Waals surface area contributed by atoms with E-state index in [0.717, 1.165) is 84.1 Å². The highest BCUT2D eigenvalue weighted by atomic mass is 32.1. The molecule has 18 aromatic rings. The second-order valence-corrected chi connectivity index (χ2v) is 23.5. The Balaban J connectivity index is 0.000000152. The molecule has 0 saturated heterocycles. The Hall–Kier alpha value is -10.5. The molecule has 16 aromatic carbocycles. The van der Waals surface area contributed by atoms with Gasteiger partial charge in [-0.1, -0.05) is 279 Å². The van der Waals surface area contributed by atoms with Crippen LogP contribution in [-0.2, 0) is 0 Å². The zero-order chi connectivity index (χ0) is 70.6. The topological polar surface area (TPSA) is 0 Å². The molecule has 0 bridgehead atoms. The molecular formula is C84H52S2. The fourth-order valence-corrected chi connectivity index (χ4v) is 15.0. The van der Waals surface area contributed by atoms with Gasteiger partial charge in [0.2, 0.25) is 0 Å². The smallest absolute Gasteiger partial charge is 0.0629 e. The van der Waals surface area contributed by atoms with E-state index in [2.05, 4.69) is 30.3 Å². The quantitative estimate of drug-likeness (QED) is 0.146. The third-order valence-electron chi connectivity index (χ3n) is 16.6. The largest absolute Gasteiger partial charge is 0.135 e. The normalized spacial score (nSPS) is 14.3. The molecule has 0 atom stereocenters. The lowest BCUT2D eigenvalue weighted by Gasteiger charge is -2.19. The van der Waals surface area contributed by atoms with Crippen molar-refractivity contribution in [3.8, 4) is 66.8 Å². The SMILES string of the molecule is [2H]c1c([2H])c([2H])c2c(-c3ccc(-c4ccccc4)c4ccccc34)c3c([2H])c([2H])c([2H])c([2H])c3c(-c3ccc4c(c3)sc3ccccc34)c2c1[2H].[2H]c1c([2H])c([2H])c2c(-c3ccc4c(c3)sc3ccccc34)c3c([2H])c([2H])c([2H])c([2H])c3c(-c3ccc4cc(-c5ccccc5)ccc4c3)c2c1[2H]. The Morgan fingerprint density at radius 3 is 0.988 bits per heavy atom. The van der Waals surface area contributed by atoms with E-state index in [0.29, 0.717) is 44.5 Å². The molecule has 0 N–H and O–H groups in total. The van der Waals surface area contributed by atoms with Gasteiger partial charge in [0.25, 0.3) is 0 Å². The summed E-state index contributed by atoms with van der Waals surface area (Å²) in [6.45, 7) is 0. The van der Waals surface area contributed by atoms with Gasteiger partial charge < -0.3 is 0 Å². The second-order valence-electron chi connectivity index (χ2n) is 21.3. The predicted octanol–water partition coefficient (Wildman–Crippen LogP) is 25.0. The van der Waals surface area contributed by atoms with Crippen molar-refractivity contribution in [3.05, 3.63) is 315 Å². The number of rotatable bonds is 6. The Kier molecular flexibility index (Phi) is 8.73. The van der Waals surface area contributed by atoms with E-state index in [9.17, 15) is 11.0 Å². The third kappa shape index (κ3) is 8.32. The summed E-state index contributed by atoms with van der Waals surface area (Å²) < 4.78 is 149. The molecule has 400 valence electrons. The molecule has 0 aliphatic heterocycles. The highest BCUT2D eigenvalue weighted by Crippen LogP contribution is 2.49. The van der Waals surface area contributed by atoms with Crippen LogP contribution >= 0.6 is 22.7 Å². The number of benzene rings is 16. The summed E-state index contributed by atoms with van der Waals surface area (Å²) >= 11 is 3.21. The Labute approximate surface area is 528 Å². The van der Waals surface area contributed by atoms with Gasteiger partial charge in [-0.15, -0.1) is 22.7 Å². The number of thiophene rings is 2. The lowest BCUT2D eigenvalue weighted by molar-refractivity contribution is 1.64. The number of hydrogen-bond donors (Lipinski definition) is 0. The molecule has 0 aliphatic carbocycles. The first-order chi connectivity index (χ1) is 49.3. The Morgan fingerprint density at radius 1 is 0.198 bits per heavy atom. The molecule has 2 aromatic heterocycles. The molecule has 86 heavy (non-hydrogen) atoms. The summed E-state index contributed by atoms with van der Waals surface area (Å²) in [5.74, 6) is 0. The molecule has 0 aliphatic rings. The van der Waals surface area contributed by atoms with Crippen LogP contribution in [0.2, 0.25) is 0 Å². The molecule has 2 heterocycles. The lowest BCUT2D eigenvalue weighted by atomic mass is 9.84. The van der Waals surface area contributed by atoms with Crippen LogP contribution in [0.15, 0.2) is 315 Å². The molecule has 18 rings (SSSR count). The molecular weight excluding hydrogens is 1070 g/mol. The van der Waals surface area contributed by atoms with E-state index in [1.165, 1.54) is 0 Å². The van der Waals surface area contributed by atoms with E-state index < -0.39 is 48.3 Å². The molecule has 2 heteroatoms. The maximum atomic E-state index is 9.38. The van der Waals surface area contributed by atoms with Crippen LogP contribution in [0.25, 0.3) is 172 Å². The van der Waals surface area contributed by atoms with Crippen LogP contribution in [0.4, 0.5) is 0 Å². The maximum absolute atomic E-state index is 9.38. The van der Waals surface area contributed by atoms with Gasteiger partial charge in [0.15, 0.2) is 0 Å². The van der Waals surface area contributed by atoms with Crippen LogP contribution in [0.1, 0.15) is 21.9 Å². The third-order valence-corrected chi connectivity index (χ3v) is 18.9. The number of hydrogen-bond acceptors (Lipinski definition) is 2. The fourth-order valence-electron chi connectivity index (χ4n) is 12.7. The van der Waals surface area contributed by atoms with E-state index in [4.69, 9.17) is 11.0 Å². The van der Waals surface area contributed by atoms with Crippen LogP contribution in [0.3, 0.4) is 0 Å². The van der Waals surface area contributed by atoms with E-state index in [1.54, 1.807) is 22.7 Å². The van der Waals surface area contributed by atoms with Gasteiger partial charge in [-0.2, -0.15) is 0 Å². The predicted molar refractivity (Wildman–Crippen MR) is 376 cm³/mol. The van der Waals surface area contributed by atoms with Crippen molar-refractivity contribution in [1.29, 1.82) is 0 Å². The summed E-state index contributed by atoms with van der Waals surface area (Å²) in [5, 5.41) is 9.54. The lowest BCUT2D eigenvalue weighted by Crippen LogP contribution is -1.92. The summed E-state index contributed by atoms with van der Waals surface area (Å²) in [4.78, 5) is 0. The van der Waals surface area contributed by atoms with Gasteiger partial charge >= 0.3 is 0 Å². The minimum Gasteiger partial charge on any atom is -0.135 e. The second kappa shape index (κ2) is 20.7. The van der Waals surface area contributed by atoms with Crippen molar-refractivity contribution in [2.75, 3.05) is 0 Å². The van der Waals surface area contributed by atoms with Gasteiger partial charge in [0.05, 0.1) is 21.9 Å². The average molecular weight is 1140 g/mol. The van der Waals surface area contributed by atoms with E-state index in [1.807, 2.05) is 188 Å². The van der Waals surface area contributed by atoms with Crippen molar-refractivity contribution < 1.29 is 21.9 Å². The molecule has 0 radical (unpaired) electrons. The van der Waals surface area contributed by atoms with Gasteiger partial charge in [-0.05, 0) is 168 Å². The molecule has 0 spiro atoms. The fraction of sp³-hybridized carbons (Fsp3) is 0.